The Hall–Kier alpha value is -1.03. The van der Waals surface area contributed by atoms with Gasteiger partial charge in [-0.2, -0.15) is 0 Å². The Bertz CT molecular complexity index is 572. The fraction of sp³-hybridized carbons (Fsp3) is 0.200. The summed E-state index contributed by atoms with van der Waals surface area (Å²) in [6.45, 7) is 1.99. The largest absolute Gasteiger partial charge is 0.456 e. The van der Waals surface area contributed by atoms with Gasteiger partial charge in [-0.3, -0.25) is 0 Å². The maximum Gasteiger partial charge on any atom is 0.141 e. The molecular weight excluding hydrogens is 326 g/mol. The number of ether oxygens (including phenoxy) is 1. The molecule has 0 amide bonds. The van der Waals surface area contributed by atoms with Gasteiger partial charge in [0.1, 0.15) is 11.5 Å². The Labute approximate surface area is 126 Å². The molecule has 0 aliphatic rings. The van der Waals surface area contributed by atoms with Crippen LogP contribution in [-0.4, -0.2) is 6.04 Å². The quantitative estimate of drug-likeness (QED) is 0.869. The van der Waals surface area contributed by atoms with Crippen LogP contribution in [0.2, 0.25) is 5.02 Å². The minimum Gasteiger partial charge on any atom is -0.456 e. The van der Waals surface area contributed by atoms with Crippen molar-refractivity contribution in [3.63, 3.8) is 0 Å². The second-order valence-corrected chi connectivity index (χ2v) is 5.80. The number of halogens is 2. The summed E-state index contributed by atoms with van der Waals surface area (Å²) in [4.78, 5) is 0. The molecule has 0 saturated carbocycles. The third-order valence-electron chi connectivity index (χ3n) is 2.58. The van der Waals surface area contributed by atoms with E-state index in [9.17, 15) is 0 Å². The number of nitrogens with two attached hydrogens (primary N) is 1. The molecule has 0 fully saturated rings. The summed E-state index contributed by atoms with van der Waals surface area (Å²) < 4.78 is 6.70. The highest BCUT2D eigenvalue weighted by atomic mass is 79.9. The van der Waals surface area contributed by atoms with Crippen LogP contribution in [0.3, 0.4) is 0 Å². The number of rotatable bonds is 4. The van der Waals surface area contributed by atoms with E-state index in [0.29, 0.717) is 10.8 Å². The highest BCUT2D eigenvalue weighted by Gasteiger charge is 2.06. The minimum absolute atomic E-state index is 0.145. The zero-order valence-electron chi connectivity index (χ0n) is 10.6. The molecule has 0 radical (unpaired) electrons. The average Bonchev–Trinajstić information content (AvgIpc) is 2.32. The van der Waals surface area contributed by atoms with Crippen molar-refractivity contribution in [2.45, 2.75) is 19.4 Å². The average molecular weight is 341 g/mol. The lowest BCUT2D eigenvalue weighted by atomic mass is 10.1. The highest BCUT2D eigenvalue weighted by Crippen LogP contribution is 2.31. The minimum atomic E-state index is 0.145. The van der Waals surface area contributed by atoms with Crippen molar-refractivity contribution in [3.05, 3.63) is 57.5 Å². The molecule has 0 aliphatic carbocycles. The summed E-state index contributed by atoms with van der Waals surface area (Å²) in [5.41, 5.74) is 6.97. The Morgan fingerprint density at radius 1 is 1.26 bits per heavy atom. The summed E-state index contributed by atoms with van der Waals surface area (Å²) in [5.74, 6) is 1.48. The monoisotopic (exact) mass is 339 g/mol. The van der Waals surface area contributed by atoms with Gasteiger partial charge in [-0.25, -0.2) is 0 Å². The number of hydrogen-bond donors (Lipinski definition) is 1. The van der Waals surface area contributed by atoms with Crippen molar-refractivity contribution in [3.8, 4) is 11.5 Å². The molecular formula is C15H15BrClNO. The summed E-state index contributed by atoms with van der Waals surface area (Å²) >= 11 is 9.44. The lowest BCUT2D eigenvalue weighted by molar-refractivity contribution is 0.479. The van der Waals surface area contributed by atoms with Crippen LogP contribution in [-0.2, 0) is 6.42 Å². The van der Waals surface area contributed by atoms with Crippen LogP contribution >= 0.6 is 27.5 Å². The zero-order chi connectivity index (χ0) is 13.8. The summed E-state index contributed by atoms with van der Waals surface area (Å²) in [6.07, 6.45) is 0.843. The van der Waals surface area contributed by atoms with Crippen LogP contribution in [0.25, 0.3) is 0 Å². The van der Waals surface area contributed by atoms with E-state index in [-0.39, 0.29) is 6.04 Å². The predicted molar refractivity (Wildman–Crippen MR) is 83.0 cm³/mol. The van der Waals surface area contributed by atoms with E-state index in [0.717, 1.165) is 16.6 Å². The predicted octanol–water partition coefficient (Wildman–Crippen LogP) is 4.78. The van der Waals surface area contributed by atoms with Gasteiger partial charge in [0.2, 0.25) is 0 Å². The van der Waals surface area contributed by atoms with Crippen LogP contribution < -0.4 is 10.5 Å². The first kappa shape index (κ1) is 14.4. The van der Waals surface area contributed by atoms with Gasteiger partial charge in [-0.1, -0.05) is 23.7 Å². The molecule has 0 spiro atoms. The standard InChI is InChI=1S/C15H15BrClNO/c1-10(18)7-11-5-6-15(14(16)8-11)19-13-4-2-3-12(17)9-13/h2-6,8-10H,7,18H2,1H3. The molecule has 1 unspecified atom stereocenters. The molecule has 4 heteroatoms. The van der Waals surface area contributed by atoms with E-state index >= 15 is 0 Å². The zero-order valence-corrected chi connectivity index (χ0v) is 12.9. The Morgan fingerprint density at radius 3 is 2.68 bits per heavy atom. The Morgan fingerprint density at radius 2 is 2.05 bits per heavy atom. The second-order valence-electron chi connectivity index (χ2n) is 4.51. The normalized spacial score (nSPS) is 12.2. The van der Waals surface area contributed by atoms with Gasteiger partial charge in [0, 0.05) is 11.1 Å². The first-order chi connectivity index (χ1) is 9.04. The van der Waals surface area contributed by atoms with Crippen molar-refractivity contribution in [2.24, 2.45) is 5.73 Å². The smallest absolute Gasteiger partial charge is 0.141 e. The first-order valence-electron chi connectivity index (χ1n) is 6.02. The Balaban J connectivity index is 2.17. The molecule has 0 bridgehead atoms. The van der Waals surface area contributed by atoms with Crippen LogP contribution in [0, 0.1) is 0 Å². The van der Waals surface area contributed by atoms with E-state index in [2.05, 4.69) is 15.9 Å². The molecule has 2 nitrogen and oxygen atoms in total. The third-order valence-corrected chi connectivity index (χ3v) is 3.43. The Kier molecular flexibility index (Phi) is 4.86. The molecule has 0 aliphatic heterocycles. The van der Waals surface area contributed by atoms with Gasteiger partial charge in [0.25, 0.3) is 0 Å². The SMILES string of the molecule is CC(N)Cc1ccc(Oc2cccc(Cl)c2)c(Br)c1. The molecule has 2 rings (SSSR count). The van der Waals surface area contributed by atoms with Crippen LogP contribution in [0.4, 0.5) is 0 Å². The van der Waals surface area contributed by atoms with Crippen LogP contribution in [0.1, 0.15) is 12.5 Å². The fourth-order valence-corrected chi connectivity index (χ4v) is 2.47. The second kappa shape index (κ2) is 6.42. The summed E-state index contributed by atoms with van der Waals surface area (Å²) in [7, 11) is 0. The molecule has 100 valence electrons. The topological polar surface area (TPSA) is 35.2 Å². The van der Waals surface area contributed by atoms with Crippen LogP contribution in [0.5, 0.6) is 11.5 Å². The third kappa shape index (κ3) is 4.23. The van der Waals surface area contributed by atoms with Crippen molar-refractivity contribution < 1.29 is 4.74 Å². The lowest BCUT2D eigenvalue weighted by Gasteiger charge is -2.11. The van der Waals surface area contributed by atoms with E-state index in [1.807, 2.05) is 43.3 Å². The van der Waals surface area contributed by atoms with Gasteiger partial charge >= 0.3 is 0 Å². The molecule has 2 aromatic rings. The maximum atomic E-state index is 5.93. The van der Waals surface area contributed by atoms with Gasteiger partial charge < -0.3 is 10.5 Å². The first-order valence-corrected chi connectivity index (χ1v) is 7.19. The van der Waals surface area contributed by atoms with Gasteiger partial charge in [0.15, 0.2) is 0 Å². The van der Waals surface area contributed by atoms with E-state index in [1.54, 1.807) is 6.07 Å². The molecule has 19 heavy (non-hydrogen) atoms. The maximum absolute atomic E-state index is 5.93. The molecule has 2 N–H and O–H groups in total. The molecule has 0 saturated heterocycles. The van der Waals surface area contributed by atoms with Crippen molar-refractivity contribution >= 4 is 27.5 Å². The molecule has 0 aromatic heterocycles. The van der Waals surface area contributed by atoms with Gasteiger partial charge in [-0.05, 0) is 65.2 Å². The highest BCUT2D eigenvalue weighted by molar-refractivity contribution is 9.10. The number of hydrogen-bond acceptors (Lipinski definition) is 2. The van der Waals surface area contributed by atoms with E-state index < -0.39 is 0 Å². The van der Waals surface area contributed by atoms with Crippen molar-refractivity contribution in [1.29, 1.82) is 0 Å². The van der Waals surface area contributed by atoms with E-state index in [4.69, 9.17) is 22.1 Å². The van der Waals surface area contributed by atoms with Gasteiger partial charge in [-0.15, -0.1) is 0 Å². The lowest BCUT2D eigenvalue weighted by Crippen LogP contribution is -2.17. The molecule has 1 atom stereocenters. The molecule has 2 aromatic carbocycles. The van der Waals surface area contributed by atoms with Crippen molar-refractivity contribution in [1.82, 2.24) is 0 Å². The van der Waals surface area contributed by atoms with Crippen molar-refractivity contribution in [2.75, 3.05) is 0 Å². The summed E-state index contributed by atoms with van der Waals surface area (Å²) in [5, 5.41) is 0.655. The molecule has 0 heterocycles. The van der Waals surface area contributed by atoms with E-state index in [1.165, 1.54) is 5.56 Å². The fourth-order valence-electron chi connectivity index (χ4n) is 1.78. The van der Waals surface area contributed by atoms with Crippen LogP contribution in [0.15, 0.2) is 46.9 Å². The summed E-state index contributed by atoms with van der Waals surface area (Å²) in [6, 6.07) is 13.5. The number of benzene rings is 2. The van der Waals surface area contributed by atoms with Gasteiger partial charge in [0.05, 0.1) is 4.47 Å².